The smallest absolute Gasteiger partial charge is 0.320 e. The van der Waals surface area contributed by atoms with Gasteiger partial charge in [-0.1, -0.05) is 6.07 Å². The van der Waals surface area contributed by atoms with E-state index >= 15 is 0 Å². The van der Waals surface area contributed by atoms with E-state index in [0.29, 0.717) is 12.0 Å². The molecule has 2 bridgehead atoms. The van der Waals surface area contributed by atoms with E-state index in [4.69, 9.17) is 0 Å². The summed E-state index contributed by atoms with van der Waals surface area (Å²) in [6.07, 6.45) is 5.43. The Morgan fingerprint density at radius 3 is 3.13 bits per heavy atom. The molecule has 3 fully saturated rings. The van der Waals surface area contributed by atoms with Gasteiger partial charge in [0, 0.05) is 24.8 Å². The molecule has 1 aromatic heterocycles. The molecule has 0 aliphatic carbocycles. The largest absolute Gasteiger partial charge is 0.322 e. The van der Waals surface area contributed by atoms with Crippen LogP contribution in [0.3, 0.4) is 0 Å². The third-order valence-electron chi connectivity index (χ3n) is 4.66. The van der Waals surface area contributed by atoms with Crippen LogP contribution in [-0.2, 0) is 0 Å². The number of aromatic nitrogens is 3. The maximum Gasteiger partial charge on any atom is 0.322 e. The van der Waals surface area contributed by atoms with Crippen molar-refractivity contribution in [2.45, 2.75) is 18.9 Å². The predicted octanol–water partition coefficient (Wildman–Crippen LogP) is 1.48. The molecule has 3 aliphatic heterocycles. The van der Waals surface area contributed by atoms with Gasteiger partial charge in [-0.25, -0.2) is 14.5 Å². The molecule has 120 valence electrons. The van der Waals surface area contributed by atoms with Gasteiger partial charge in [0.15, 0.2) is 0 Å². The number of benzene rings is 1. The predicted molar refractivity (Wildman–Crippen MR) is 86.5 cm³/mol. The van der Waals surface area contributed by atoms with Crippen molar-refractivity contribution < 1.29 is 4.79 Å². The maximum absolute atomic E-state index is 12.7. The lowest BCUT2D eigenvalue weighted by Gasteiger charge is -2.36. The number of hydrogen-bond acceptors (Lipinski definition) is 4. The van der Waals surface area contributed by atoms with Crippen LogP contribution in [0.4, 0.5) is 10.5 Å². The third-order valence-corrected chi connectivity index (χ3v) is 4.66. The van der Waals surface area contributed by atoms with Gasteiger partial charge in [0.1, 0.15) is 12.7 Å². The molecule has 7 heteroatoms. The number of fused-ring (bicyclic) bond motifs is 4. The molecule has 23 heavy (non-hydrogen) atoms. The minimum absolute atomic E-state index is 0.0147. The highest BCUT2D eigenvalue weighted by atomic mass is 16.2. The summed E-state index contributed by atoms with van der Waals surface area (Å²) in [5.41, 5.74) is 1.65. The second kappa shape index (κ2) is 6.00. The van der Waals surface area contributed by atoms with Crippen molar-refractivity contribution in [3.8, 4) is 5.69 Å². The molecule has 0 radical (unpaired) electrons. The minimum Gasteiger partial charge on any atom is -0.320 e. The average molecular weight is 312 g/mol. The van der Waals surface area contributed by atoms with Crippen LogP contribution >= 0.6 is 0 Å². The summed E-state index contributed by atoms with van der Waals surface area (Å²) < 4.78 is 1.67. The Balaban J connectivity index is 1.49. The van der Waals surface area contributed by atoms with Crippen LogP contribution in [0.15, 0.2) is 36.9 Å². The first-order valence-corrected chi connectivity index (χ1v) is 8.03. The lowest BCUT2D eigenvalue weighted by Crippen LogP contribution is -2.49. The van der Waals surface area contributed by atoms with Crippen LogP contribution in [0.25, 0.3) is 5.69 Å². The fourth-order valence-electron chi connectivity index (χ4n) is 3.45. The van der Waals surface area contributed by atoms with Crippen LogP contribution in [0.2, 0.25) is 0 Å². The highest BCUT2D eigenvalue weighted by Crippen LogP contribution is 2.25. The number of piperidine rings is 1. The minimum atomic E-state index is -0.0147. The van der Waals surface area contributed by atoms with Crippen molar-refractivity contribution in [2.75, 3.05) is 25.0 Å². The van der Waals surface area contributed by atoms with Crippen LogP contribution in [0.1, 0.15) is 12.8 Å². The van der Waals surface area contributed by atoms with Gasteiger partial charge in [0.25, 0.3) is 0 Å². The number of hydrogen-bond donors (Lipinski definition) is 2. The fraction of sp³-hybridized carbons (Fsp3) is 0.438. The molecule has 0 spiro atoms. The van der Waals surface area contributed by atoms with E-state index in [9.17, 15) is 4.79 Å². The van der Waals surface area contributed by atoms with E-state index in [-0.39, 0.29) is 6.03 Å². The van der Waals surface area contributed by atoms with Gasteiger partial charge in [-0.3, -0.25) is 0 Å². The zero-order valence-corrected chi connectivity index (χ0v) is 12.9. The van der Waals surface area contributed by atoms with Crippen LogP contribution in [-0.4, -0.2) is 51.4 Å². The molecule has 7 nitrogen and oxygen atoms in total. The van der Waals surface area contributed by atoms with E-state index < -0.39 is 0 Å². The molecular weight excluding hydrogens is 292 g/mol. The Bertz CT molecular complexity index is 682. The molecule has 2 aromatic rings. The molecule has 2 N–H and O–H groups in total. The number of carbonyl (C=O) groups excluding carboxylic acids is 1. The van der Waals surface area contributed by atoms with Gasteiger partial charge in [0.05, 0.1) is 5.69 Å². The van der Waals surface area contributed by atoms with Gasteiger partial charge in [-0.15, -0.1) is 0 Å². The van der Waals surface area contributed by atoms with Crippen molar-refractivity contribution in [1.82, 2.24) is 25.0 Å². The van der Waals surface area contributed by atoms with E-state index in [1.165, 1.54) is 12.7 Å². The zero-order chi connectivity index (χ0) is 15.6. The van der Waals surface area contributed by atoms with Gasteiger partial charge < -0.3 is 15.5 Å². The standard InChI is InChI=1S/C16H20N6O/c23-16(21-9-12-4-5-15(21)8-17-7-12)20-13-2-1-3-14(6-13)22-11-18-10-19-22/h1-3,6,10-12,15,17H,4-5,7-9H2,(H,20,23)/t12-,15+/m1/s1. The summed E-state index contributed by atoms with van der Waals surface area (Å²) >= 11 is 0. The Morgan fingerprint density at radius 1 is 1.30 bits per heavy atom. The highest BCUT2D eigenvalue weighted by Gasteiger charge is 2.34. The normalized spacial score (nSPS) is 23.6. The molecule has 3 saturated heterocycles. The van der Waals surface area contributed by atoms with Crippen molar-refractivity contribution in [2.24, 2.45) is 5.92 Å². The number of carbonyl (C=O) groups is 1. The first kappa shape index (κ1) is 14.2. The van der Waals surface area contributed by atoms with E-state index in [1.54, 1.807) is 11.0 Å². The molecule has 3 aliphatic rings. The van der Waals surface area contributed by atoms with Gasteiger partial charge in [0.2, 0.25) is 0 Å². The van der Waals surface area contributed by atoms with E-state index in [0.717, 1.165) is 37.4 Å². The van der Waals surface area contributed by atoms with Crippen LogP contribution in [0.5, 0.6) is 0 Å². The summed E-state index contributed by atoms with van der Waals surface area (Å²) in [5, 5.41) is 10.6. The Hall–Kier alpha value is -2.41. The Morgan fingerprint density at radius 2 is 2.26 bits per heavy atom. The summed E-state index contributed by atoms with van der Waals surface area (Å²) in [7, 11) is 0. The average Bonchev–Trinajstić information content (AvgIpc) is 2.92. The molecule has 2 atom stereocenters. The lowest BCUT2D eigenvalue weighted by atomic mass is 9.95. The second-order valence-corrected chi connectivity index (χ2v) is 6.23. The summed E-state index contributed by atoms with van der Waals surface area (Å²) in [6.45, 7) is 2.75. The number of amides is 2. The monoisotopic (exact) mass is 312 g/mol. The number of urea groups is 1. The number of nitrogens with one attached hydrogen (secondary N) is 2. The topological polar surface area (TPSA) is 75.1 Å². The SMILES string of the molecule is O=C(Nc1cccc(-n2cncn2)c1)N1C[C@@H]2CC[C@H]1CNC2. The van der Waals surface area contributed by atoms with Crippen molar-refractivity contribution in [3.05, 3.63) is 36.9 Å². The first-order valence-electron chi connectivity index (χ1n) is 8.03. The molecule has 5 rings (SSSR count). The quantitative estimate of drug-likeness (QED) is 0.881. The summed E-state index contributed by atoms with van der Waals surface area (Å²) in [5.74, 6) is 0.570. The van der Waals surface area contributed by atoms with Crippen molar-refractivity contribution in [3.63, 3.8) is 0 Å². The van der Waals surface area contributed by atoms with Gasteiger partial charge >= 0.3 is 6.03 Å². The molecule has 4 heterocycles. The second-order valence-electron chi connectivity index (χ2n) is 6.23. The van der Waals surface area contributed by atoms with E-state index in [1.807, 2.05) is 29.2 Å². The van der Waals surface area contributed by atoms with Crippen LogP contribution < -0.4 is 10.6 Å². The number of nitrogens with zero attached hydrogens (tertiary/aromatic N) is 4. The summed E-state index contributed by atoms with van der Waals surface area (Å²) in [6, 6.07) is 7.92. The Kier molecular flexibility index (Phi) is 3.70. The number of rotatable bonds is 2. The highest BCUT2D eigenvalue weighted by molar-refractivity contribution is 5.90. The Labute approximate surface area is 134 Å². The lowest BCUT2D eigenvalue weighted by molar-refractivity contribution is 0.153. The van der Waals surface area contributed by atoms with Gasteiger partial charge in [-0.05, 0) is 43.5 Å². The first-order chi connectivity index (χ1) is 11.3. The molecule has 0 saturated carbocycles. The van der Waals surface area contributed by atoms with Crippen molar-refractivity contribution >= 4 is 11.7 Å². The maximum atomic E-state index is 12.7. The fourth-order valence-corrected chi connectivity index (χ4v) is 3.45. The summed E-state index contributed by atoms with van der Waals surface area (Å²) in [4.78, 5) is 18.6. The molecule has 2 amide bonds. The molecular formula is C16H20N6O. The third kappa shape index (κ3) is 2.92. The zero-order valence-electron chi connectivity index (χ0n) is 12.9. The molecule has 0 unspecified atom stereocenters. The van der Waals surface area contributed by atoms with E-state index in [2.05, 4.69) is 20.7 Å². The van der Waals surface area contributed by atoms with Gasteiger partial charge in [-0.2, -0.15) is 5.10 Å². The molecule has 1 aromatic carbocycles. The van der Waals surface area contributed by atoms with Crippen LogP contribution in [0, 0.1) is 5.92 Å². The van der Waals surface area contributed by atoms with Crippen molar-refractivity contribution in [1.29, 1.82) is 0 Å². The number of anilines is 1.